The molecule has 0 radical (unpaired) electrons. The topological polar surface area (TPSA) is 38.8 Å². The van der Waals surface area contributed by atoms with Crippen LogP contribution in [0.1, 0.15) is 12.0 Å². The van der Waals surface area contributed by atoms with Crippen molar-refractivity contribution in [2.75, 3.05) is 53.4 Å². The lowest BCUT2D eigenvalue weighted by Crippen LogP contribution is -2.55. The number of piperazine rings is 1. The highest BCUT2D eigenvalue weighted by Crippen LogP contribution is 2.20. The maximum absolute atomic E-state index is 12.5. The first-order valence-electron chi connectivity index (χ1n) is 9.07. The summed E-state index contributed by atoms with van der Waals surface area (Å²) >= 11 is 0. The van der Waals surface area contributed by atoms with Crippen molar-refractivity contribution in [3.8, 4) is 0 Å². The average Bonchev–Trinajstić information content (AvgIpc) is 3.05. The first-order chi connectivity index (χ1) is 11.6. The highest BCUT2D eigenvalue weighted by molar-refractivity contribution is 5.74. The Morgan fingerprint density at radius 1 is 1.12 bits per heavy atom. The fraction of sp³-hybridized carbons (Fsp3) is 0.632. The van der Waals surface area contributed by atoms with Gasteiger partial charge in [0.1, 0.15) is 0 Å². The predicted octanol–water partition coefficient (Wildman–Crippen LogP) is 1.51. The third-order valence-corrected chi connectivity index (χ3v) is 5.41. The Morgan fingerprint density at radius 2 is 1.92 bits per heavy atom. The number of urea groups is 1. The van der Waals surface area contributed by atoms with Crippen LogP contribution in [0.2, 0.25) is 0 Å². The van der Waals surface area contributed by atoms with E-state index in [9.17, 15) is 4.79 Å². The number of likely N-dealkylation sites (N-methyl/N-ethyl adjacent to an activating group) is 2. The summed E-state index contributed by atoms with van der Waals surface area (Å²) in [5.41, 5.74) is 1.37. The van der Waals surface area contributed by atoms with Crippen molar-refractivity contribution in [3.05, 3.63) is 35.9 Å². The standard InChI is InChI=1S/C19H30N4O/c1-21-10-11-22(2)18(15-21)13-20-19(24)23-9-8-17(14-23)12-16-6-4-3-5-7-16/h3-7,17-18H,8-15H2,1-2H3,(H,20,24)/t17-,18-/m0/s1. The van der Waals surface area contributed by atoms with Gasteiger partial charge < -0.3 is 15.1 Å². The minimum Gasteiger partial charge on any atom is -0.336 e. The van der Waals surface area contributed by atoms with Gasteiger partial charge in [-0.25, -0.2) is 4.79 Å². The molecule has 0 aliphatic carbocycles. The monoisotopic (exact) mass is 330 g/mol. The molecule has 0 aromatic heterocycles. The van der Waals surface area contributed by atoms with E-state index in [-0.39, 0.29) is 6.03 Å². The van der Waals surface area contributed by atoms with Gasteiger partial charge in [0.2, 0.25) is 0 Å². The van der Waals surface area contributed by atoms with Gasteiger partial charge in [0.25, 0.3) is 0 Å². The van der Waals surface area contributed by atoms with E-state index in [0.29, 0.717) is 12.0 Å². The SMILES string of the molecule is CN1CCN(C)[C@@H](CNC(=O)N2CC[C@@H](Cc3ccccc3)C2)C1. The van der Waals surface area contributed by atoms with E-state index < -0.39 is 0 Å². The average molecular weight is 330 g/mol. The molecule has 2 heterocycles. The molecule has 3 rings (SSSR count). The number of carbonyl (C=O) groups excluding carboxylic acids is 1. The lowest BCUT2D eigenvalue weighted by molar-refractivity contribution is 0.113. The highest BCUT2D eigenvalue weighted by atomic mass is 16.2. The fourth-order valence-electron chi connectivity index (χ4n) is 3.77. The van der Waals surface area contributed by atoms with Gasteiger partial charge in [-0.1, -0.05) is 30.3 Å². The number of hydrogen-bond donors (Lipinski definition) is 1. The largest absolute Gasteiger partial charge is 0.336 e. The van der Waals surface area contributed by atoms with Crippen LogP contribution in [0, 0.1) is 5.92 Å². The Bertz CT molecular complexity index is 535. The Balaban J connectivity index is 1.43. The molecule has 2 amide bonds. The first-order valence-corrected chi connectivity index (χ1v) is 9.07. The third-order valence-electron chi connectivity index (χ3n) is 5.41. The van der Waals surface area contributed by atoms with Crippen molar-refractivity contribution >= 4 is 6.03 Å². The predicted molar refractivity (Wildman–Crippen MR) is 97.1 cm³/mol. The molecule has 0 unspecified atom stereocenters. The molecule has 2 atom stereocenters. The van der Waals surface area contributed by atoms with Crippen molar-refractivity contribution in [2.24, 2.45) is 5.92 Å². The molecule has 2 aliphatic rings. The van der Waals surface area contributed by atoms with E-state index >= 15 is 0 Å². The Morgan fingerprint density at radius 3 is 2.71 bits per heavy atom. The fourth-order valence-corrected chi connectivity index (χ4v) is 3.77. The van der Waals surface area contributed by atoms with Crippen LogP contribution in [0.5, 0.6) is 0 Å². The Hall–Kier alpha value is -1.59. The van der Waals surface area contributed by atoms with Gasteiger partial charge in [-0.3, -0.25) is 4.90 Å². The summed E-state index contributed by atoms with van der Waals surface area (Å²) in [4.78, 5) is 19.1. The van der Waals surface area contributed by atoms with Crippen molar-refractivity contribution < 1.29 is 4.79 Å². The van der Waals surface area contributed by atoms with Crippen LogP contribution in [0.25, 0.3) is 0 Å². The Labute approximate surface area is 145 Å². The number of nitrogens with one attached hydrogen (secondary N) is 1. The number of hydrogen-bond acceptors (Lipinski definition) is 3. The summed E-state index contributed by atoms with van der Waals surface area (Å²) in [6, 6.07) is 11.1. The number of carbonyl (C=O) groups is 1. The van der Waals surface area contributed by atoms with Crippen LogP contribution in [-0.4, -0.2) is 80.1 Å². The first kappa shape index (κ1) is 17.2. The van der Waals surface area contributed by atoms with Crippen molar-refractivity contribution in [2.45, 2.75) is 18.9 Å². The normalized spacial score (nSPS) is 25.8. The summed E-state index contributed by atoms with van der Waals surface area (Å²) in [5, 5.41) is 3.15. The second kappa shape index (κ2) is 7.99. The van der Waals surface area contributed by atoms with Gasteiger partial charge in [0.05, 0.1) is 0 Å². The van der Waals surface area contributed by atoms with Gasteiger partial charge in [0.15, 0.2) is 0 Å². The number of nitrogens with zero attached hydrogens (tertiary/aromatic N) is 3. The minimum absolute atomic E-state index is 0.104. The van der Waals surface area contributed by atoms with Crippen LogP contribution in [0.4, 0.5) is 4.79 Å². The number of amides is 2. The van der Waals surface area contributed by atoms with Gasteiger partial charge in [-0.2, -0.15) is 0 Å². The van der Waals surface area contributed by atoms with E-state index in [0.717, 1.165) is 52.1 Å². The molecular weight excluding hydrogens is 300 g/mol. The summed E-state index contributed by atoms with van der Waals surface area (Å²) in [7, 11) is 4.30. The molecule has 132 valence electrons. The van der Waals surface area contributed by atoms with E-state index in [1.807, 2.05) is 4.90 Å². The van der Waals surface area contributed by atoms with E-state index in [1.165, 1.54) is 5.56 Å². The van der Waals surface area contributed by atoms with Crippen molar-refractivity contribution in [1.29, 1.82) is 0 Å². The molecule has 1 aromatic carbocycles. The second-order valence-corrected chi connectivity index (χ2v) is 7.37. The van der Waals surface area contributed by atoms with Crippen LogP contribution in [-0.2, 0) is 6.42 Å². The van der Waals surface area contributed by atoms with Gasteiger partial charge >= 0.3 is 6.03 Å². The molecule has 1 N–H and O–H groups in total. The molecule has 24 heavy (non-hydrogen) atoms. The lowest BCUT2D eigenvalue weighted by atomic mass is 9.99. The molecule has 0 saturated carbocycles. The smallest absolute Gasteiger partial charge is 0.317 e. The lowest BCUT2D eigenvalue weighted by Gasteiger charge is -2.37. The zero-order chi connectivity index (χ0) is 16.9. The van der Waals surface area contributed by atoms with Gasteiger partial charge in [-0.05, 0) is 38.4 Å². The van der Waals surface area contributed by atoms with Crippen molar-refractivity contribution in [3.63, 3.8) is 0 Å². The van der Waals surface area contributed by atoms with Crippen LogP contribution in [0.15, 0.2) is 30.3 Å². The van der Waals surface area contributed by atoms with Crippen LogP contribution < -0.4 is 5.32 Å². The molecule has 0 bridgehead atoms. The summed E-state index contributed by atoms with van der Waals surface area (Å²) in [6.07, 6.45) is 2.18. The molecule has 5 heteroatoms. The third kappa shape index (κ3) is 4.48. The quantitative estimate of drug-likeness (QED) is 0.909. The van der Waals surface area contributed by atoms with E-state index in [4.69, 9.17) is 0 Å². The van der Waals surface area contributed by atoms with Gasteiger partial charge in [0, 0.05) is 45.3 Å². The van der Waals surface area contributed by atoms with Crippen LogP contribution in [0.3, 0.4) is 0 Å². The molecule has 2 fully saturated rings. The highest BCUT2D eigenvalue weighted by Gasteiger charge is 2.28. The summed E-state index contributed by atoms with van der Waals surface area (Å²) in [6.45, 7) is 5.69. The maximum Gasteiger partial charge on any atom is 0.317 e. The van der Waals surface area contributed by atoms with Gasteiger partial charge in [-0.15, -0.1) is 0 Å². The minimum atomic E-state index is 0.104. The molecule has 0 spiro atoms. The molecule has 2 saturated heterocycles. The molecule has 2 aliphatic heterocycles. The molecule has 5 nitrogen and oxygen atoms in total. The Kier molecular flexibility index (Phi) is 5.74. The van der Waals surface area contributed by atoms with E-state index in [2.05, 4.69) is 59.5 Å². The summed E-state index contributed by atoms with van der Waals surface area (Å²) in [5.74, 6) is 0.585. The maximum atomic E-state index is 12.5. The van der Waals surface area contributed by atoms with E-state index in [1.54, 1.807) is 0 Å². The summed E-state index contributed by atoms with van der Waals surface area (Å²) < 4.78 is 0. The van der Waals surface area contributed by atoms with Crippen LogP contribution >= 0.6 is 0 Å². The number of benzene rings is 1. The zero-order valence-corrected chi connectivity index (χ0v) is 14.9. The number of likely N-dealkylation sites (tertiary alicyclic amines) is 1. The second-order valence-electron chi connectivity index (χ2n) is 7.37. The zero-order valence-electron chi connectivity index (χ0n) is 14.9. The molecule has 1 aromatic rings. The number of rotatable bonds is 4. The molecular formula is C19H30N4O. The van der Waals surface area contributed by atoms with Crippen molar-refractivity contribution in [1.82, 2.24) is 20.0 Å².